The van der Waals surface area contributed by atoms with E-state index in [1.165, 1.54) is 28.6 Å². The molecule has 0 aliphatic carbocycles. The van der Waals surface area contributed by atoms with Crippen molar-refractivity contribution < 1.29 is 9.72 Å². The number of aromatic nitrogens is 1. The standard InChI is InChI=1S/C10H16N4O3/c1-11-6-7-12(2)10(15)8-4-5-9(13(8)3)14(16)17/h4-5,11H,6-7H2,1-3H3. The quantitative estimate of drug-likeness (QED) is 0.590. The van der Waals surface area contributed by atoms with Gasteiger partial charge in [0.1, 0.15) is 0 Å². The van der Waals surface area contributed by atoms with Crippen molar-refractivity contribution in [3.63, 3.8) is 0 Å². The number of hydrogen-bond acceptors (Lipinski definition) is 4. The number of amides is 1. The Hall–Kier alpha value is -1.89. The first-order valence-corrected chi connectivity index (χ1v) is 5.19. The average Bonchev–Trinajstić information content (AvgIpc) is 2.67. The highest BCUT2D eigenvalue weighted by atomic mass is 16.6. The van der Waals surface area contributed by atoms with Crippen LogP contribution in [0.15, 0.2) is 12.1 Å². The van der Waals surface area contributed by atoms with E-state index in [1.54, 1.807) is 14.1 Å². The summed E-state index contributed by atoms with van der Waals surface area (Å²) in [5.74, 6) is -0.314. The van der Waals surface area contributed by atoms with Gasteiger partial charge in [0.05, 0.1) is 7.05 Å². The number of nitrogens with one attached hydrogen (secondary N) is 1. The van der Waals surface area contributed by atoms with Crippen LogP contribution < -0.4 is 5.32 Å². The Balaban J connectivity index is 2.86. The number of carbonyl (C=O) groups is 1. The van der Waals surface area contributed by atoms with Crippen molar-refractivity contribution in [2.45, 2.75) is 0 Å². The molecule has 0 spiro atoms. The maximum Gasteiger partial charge on any atom is 0.323 e. The van der Waals surface area contributed by atoms with E-state index in [0.717, 1.165) is 0 Å². The van der Waals surface area contributed by atoms with Crippen LogP contribution in [0.1, 0.15) is 10.5 Å². The summed E-state index contributed by atoms with van der Waals surface area (Å²) >= 11 is 0. The van der Waals surface area contributed by atoms with Gasteiger partial charge in [-0.2, -0.15) is 0 Å². The minimum absolute atomic E-state index is 0.0876. The van der Waals surface area contributed by atoms with Gasteiger partial charge in [-0.3, -0.25) is 4.79 Å². The van der Waals surface area contributed by atoms with E-state index in [0.29, 0.717) is 18.8 Å². The van der Waals surface area contributed by atoms with Gasteiger partial charge in [-0.25, -0.2) is 4.57 Å². The molecule has 0 unspecified atom stereocenters. The number of nitro groups is 1. The summed E-state index contributed by atoms with van der Waals surface area (Å²) < 4.78 is 1.29. The molecule has 94 valence electrons. The van der Waals surface area contributed by atoms with Crippen molar-refractivity contribution >= 4 is 11.7 Å². The zero-order chi connectivity index (χ0) is 13.0. The molecular formula is C10H16N4O3. The number of hydrogen-bond donors (Lipinski definition) is 1. The zero-order valence-electron chi connectivity index (χ0n) is 10.1. The summed E-state index contributed by atoms with van der Waals surface area (Å²) in [6.45, 7) is 1.23. The van der Waals surface area contributed by atoms with Gasteiger partial charge in [0.2, 0.25) is 0 Å². The molecule has 17 heavy (non-hydrogen) atoms. The van der Waals surface area contributed by atoms with Crippen molar-refractivity contribution in [2.24, 2.45) is 7.05 Å². The fraction of sp³-hybridized carbons (Fsp3) is 0.500. The van der Waals surface area contributed by atoms with Crippen molar-refractivity contribution in [2.75, 3.05) is 27.2 Å². The lowest BCUT2D eigenvalue weighted by Crippen LogP contribution is -2.33. The van der Waals surface area contributed by atoms with Crippen molar-refractivity contribution in [3.8, 4) is 0 Å². The summed E-state index contributed by atoms with van der Waals surface area (Å²) in [4.78, 5) is 23.6. The molecule has 0 aromatic carbocycles. The van der Waals surface area contributed by atoms with Crippen LogP contribution in [-0.2, 0) is 7.05 Å². The lowest BCUT2D eigenvalue weighted by molar-refractivity contribution is -0.391. The van der Waals surface area contributed by atoms with Crippen LogP contribution in [0.2, 0.25) is 0 Å². The van der Waals surface area contributed by atoms with Gasteiger partial charge in [-0.15, -0.1) is 0 Å². The number of carbonyl (C=O) groups excluding carboxylic acids is 1. The van der Waals surface area contributed by atoms with Gasteiger partial charge in [-0.1, -0.05) is 0 Å². The Kier molecular flexibility index (Phi) is 4.22. The third-order valence-electron chi connectivity index (χ3n) is 2.55. The Morgan fingerprint density at radius 3 is 2.71 bits per heavy atom. The average molecular weight is 240 g/mol. The highest BCUT2D eigenvalue weighted by molar-refractivity contribution is 5.93. The van der Waals surface area contributed by atoms with Gasteiger partial charge in [0, 0.05) is 26.2 Å². The van der Waals surface area contributed by atoms with Gasteiger partial charge in [0.25, 0.3) is 5.91 Å². The third-order valence-corrected chi connectivity index (χ3v) is 2.55. The van der Waals surface area contributed by atoms with Crippen LogP contribution in [0.25, 0.3) is 0 Å². The Morgan fingerprint density at radius 2 is 2.24 bits per heavy atom. The molecule has 0 fully saturated rings. The van der Waals surface area contributed by atoms with E-state index in [9.17, 15) is 14.9 Å². The molecule has 1 N–H and O–H groups in total. The Labute approximate surface area is 99.2 Å². The Bertz CT molecular complexity index is 427. The highest BCUT2D eigenvalue weighted by Gasteiger charge is 2.22. The summed E-state index contributed by atoms with van der Waals surface area (Å²) in [5.41, 5.74) is 0.315. The first-order valence-electron chi connectivity index (χ1n) is 5.19. The van der Waals surface area contributed by atoms with Crippen molar-refractivity contribution in [3.05, 3.63) is 27.9 Å². The van der Waals surface area contributed by atoms with Crippen LogP contribution in [0.4, 0.5) is 5.82 Å². The molecule has 0 saturated heterocycles. The summed E-state index contributed by atoms with van der Waals surface area (Å²) in [7, 11) is 4.97. The molecule has 7 heteroatoms. The second-order valence-electron chi connectivity index (χ2n) is 3.72. The molecule has 0 aliphatic rings. The van der Waals surface area contributed by atoms with Crippen molar-refractivity contribution in [1.29, 1.82) is 0 Å². The molecule has 1 rings (SSSR count). The largest absolute Gasteiger partial charge is 0.358 e. The van der Waals surface area contributed by atoms with Crippen LogP contribution in [0.3, 0.4) is 0 Å². The van der Waals surface area contributed by atoms with Crippen LogP contribution in [0.5, 0.6) is 0 Å². The molecule has 1 heterocycles. The van der Waals surface area contributed by atoms with E-state index < -0.39 is 4.92 Å². The molecule has 0 aliphatic heterocycles. The lowest BCUT2D eigenvalue weighted by atomic mass is 10.3. The van der Waals surface area contributed by atoms with Crippen LogP contribution >= 0.6 is 0 Å². The van der Waals surface area contributed by atoms with E-state index >= 15 is 0 Å². The van der Waals surface area contributed by atoms with Gasteiger partial charge in [0.15, 0.2) is 5.69 Å². The summed E-state index contributed by atoms with van der Waals surface area (Å²) in [6.07, 6.45) is 0. The molecule has 0 atom stereocenters. The topological polar surface area (TPSA) is 80.4 Å². The molecule has 0 saturated carbocycles. The third kappa shape index (κ3) is 2.82. The number of likely N-dealkylation sites (N-methyl/N-ethyl adjacent to an activating group) is 2. The maximum atomic E-state index is 12.0. The van der Waals surface area contributed by atoms with E-state index in [4.69, 9.17) is 0 Å². The fourth-order valence-electron chi connectivity index (χ4n) is 1.48. The second kappa shape index (κ2) is 5.44. The summed E-state index contributed by atoms with van der Waals surface area (Å²) in [6, 6.07) is 2.80. The normalized spacial score (nSPS) is 10.3. The van der Waals surface area contributed by atoms with Crippen LogP contribution in [0, 0.1) is 10.1 Å². The predicted octanol–water partition coefficient (Wildman–Crippen LogP) is 0.225. The molecule has 0 radical (unpaired) electrons. The summed E-state index contributed by atoms with van der Waals surface area (Å²) in [5, 5.41) is 13.6. The first-order chi connectivity index (χ1) is 7.99. The first kappa shape index (κ1) is 13.2. The predicted molar refractivity (Wildman–Crippen MR) is 63.0 cm³/mol. The lowest BCUT2D eigenvalue weighted by Gasteiger charge is -2.15. The fourth-order valence-corrected chi connectivity index (χ4v) is 1.48. The number of rotatable bonds is 5. The molecule has 0 bridgehead atoms. The molecular weight excluding hydrogens is 224 g/mol. The monoisotopic (exact) mass is 240 g/mol. The van der Waals surface area contributed by atoms with Gasteiger partial charge < -0.3 is 20.3 Å². The van der Waals surface area contributed by atoms with E-state index in [-0.39, 0.29) is 11.7 Å². The molecule has 1 amide bonds. The SMILES string of the molecule is CNCCN(C)C(=O)c1ccc([N+](=O)[O-])n1C. The molecule has 1 aromatic rings. The molecule has 1 aromatic heterocycles. The molecule has 7 nitrogen and oxygen atoms in total. The zero-order valence-corrected chi connectivity index (χ0v) is 10.1. The number of nitrogens with zero attached hydrogens (tertiary/aromatic N) is 3. The minimum Gasteiger partial charge on any atom is -0.358 e. The minimum atomic E-state index is -0.510. The van der Waals surface area contributed by atoms with E-state index in [2.05, 4.69) is 5.32 Å². The van der Waals surface area contributed by atoms with Crippen LogP contribution in [-0.4, -0.2) is 47.5 Å². The van der Waals surface area contributed by atoms with Crippen molar-refractivity contribution in [1.82, 2.24) is 14.8 Å². The smallest absolute Gasteiger partial charge is 0.323 e. The van der Waals surface area contributed by atoms with E-state index in [1.807, 2.05) is 0 Å². The van der Waals surface area contributed by atoms with Gasteiger partial charge in [-0.05, 0) is 18.0 Å². The van der Waals surface area contributed by atoms with Gasteiger partial charge >= 0.3 is 5.82 Å². The highest BCUT2D eigenvalue weighted by Crippen LogP contribution is 2.16. The Morgan fingerprint density at radius 1 is 1.59 bits per heavy atom. The maximum absolute atomic E-state index is 12.0. The second-order valence-corrected chi connectivity index (χ2v) is 3.72.